The molecule has 0 aliphatic carbocycles. The van der Waals surface area contributed by atoms with E-state index in [1.54, 1.807) is 24.3 Å². The Bertz CT molecular complexity index is 948. The summed E-state index contributed by atoms with van der Waals surface area (Å²) in [6.07, 6.45) is 3.03. The van der Waals surface area contributed by atoms with Crippen molar-refractivity contribution < 1.29 is 4.79 Å². The number of carbonyl (C=O) groups is 1. The number of nitrogens with one attached hydrogen (secondary N) is 1. The third-order valence-electron chi connectivity index (χ3n) is 4.03. The Kier molecular flexibility index (Phi) is 5.75. The van der Waals surface area contributed by atoms with E-state index < -0.39 is 0 Å². The molecule has 0 saturated heterocycles. The molecule has 3 aromatic rings. The van der Waals surface area contributed by atoms with Crippen LogP contribution in [0.25, 0.3) is 0 Å². The highest BCUT2D eigenvalue weighted by molar-refractivity contribution is 6.03. The third-order valence-corrected chi connectivity index (χ3v) is 4.03. The Balaban J connectivity index is 1.70. The molecule has 0 fully saturated rings. The minimum Gasteiger partial charge on any atom is -0.337 e. The summed E-state index contributed by atoms with van der Waals surface area (Å²) >= 11 is 0. The number of amides is 1. The minimum atomic E-state index is -0.317. The number of hydrogen-bond donors (Lipinski definition) is 1. The van der Waals surface area contributed by atoms with Crippen molar-refractivity contribution in [1.29, 1.82) is 5.26 Å². The van der Waals surface area contributed by atoms with Crippen LogP contribution in [-0.2, 0) is 6.54 Å². The molecular weight excluding hydrogens is 338 g/mol. The number of rotatable bonds is 6. The lowest BCUT2D eigenvalue weighted by molar-refractivity contribution is 0.102. The summed E-state index contributed by atoms with van der Waals surface area (Å²) in [6.45, 7) is 3.49. The van der Waals surface area contributed by atoms with Gasteiger partial charge >= 0.3 is 0 Å². The van der Waals surface area contributed by atoms with Gasteiger partial charge in [-0.3, -0.25) is 4.79 Å². The van der Waals surface area contributed by atoms with E-state index in [2.05, 4.69) is 27.4 Å². The van der Waals surface area contributed by atoms with Crippen LogP contribution in [0.4, 0.5) is 11.6 Å². The van der Waals surface area contributed by atoms with Gasteiger partial charge in [0.1, 0.15) is 0 Å². The van der Waals surface area contributed by atoms with Crippen LogP contribution in [0.2, 0.25) is 0 Å². The van der Waals surface area contributed by atoms with Crippen molar-refractivity contribution in [2.75, 3.05) is 16.8 Å². The Hall–Kier alpha value is -3.72. The minimum absolute atomic E-state index is 0.317. The van der Waals surface area contributed by atoms with Crippen LogP contribution in [0.3, 0.4) is 0 Å². The van der Waals surface area contributed by atoms with Gasteiger partial charge in [-0.2, -0.15) is 5.26 Å². The fourth-order valence-corrected chi connectivity index (χ4v) is 2.60. The quantitative estimate of drug-likeness (QED) is 0.728. The summed E-state index contributed by atoms with van der Waals surface area (Å²) in [4.78, 5) is 23.1. The summed E-state index contributed by atoms with van der Waals surface area (Å²) in [5, 5.41) is 11.7. The van der Waals surface area contributed by atoms with Crippen LogP contribution in [0.1, 0.15) is 28.4 Å². The summed E-state index contributed by atoms with van der Waals surface area (Å²) < 4.78 is 0. The molecule has 1 amide bonds. The number of hydrogen-bond acceptors (Lipinski definition) is 5. The van der Waals surface area contributed by atoms with Gasteiger partial charge in [-0.1, -0.05) is 36.4 Å². The highest BCUT2D eigenvalue weighted by Crippen LogP contribution is 2.14. The van der Waals surface area contributed by atoms with E-state index in [1.165, 1.54) is 18.0 Å². The van der Waals surface area contributed by atoms with Crippen molar-refractivity contribution in [3.05, 3.63) is 83.7 Å². The van der Waals surface area contributed by atoms with E-state index in [9.17, 15) is 4.79 Å². The summed E-state index contributed by atoms with van der Waals surface area (Å²) in [5.74, 6) is 0.257. The van der Waals surface area contributed by atoms with Gasteiger partial charge in [-0.05, 0) is 30.7 Å². The normalized spacial score (nSPS) is 10.1. The van der Waals surface area contributed by atoms with Crippen LogP contribution < -0.4 is 10.2 Å². The predicted molar refractivity (Wildman–Crippen MR) is 104 cm³/mol. The first kappa shape index (κ1) is 18.1. The summed E-state index contributed by atoms with van der Waals surface area (Å²) in [7, 11) is 0. The zero-order chi connectivity index (χ0) is 19.1. The zero-order valence-corrected chi connectivity index (χ0v) is 15.0. The Morgan fingerprint density at radius 1 is 1.11 bits per heavy atom. The molecule has 0 spiro atoms. The summed E-state index contributed by atoms with van der Waals surface area (Å²) in [5.41, 5.74) is 2.57. The second kappa shape index (κ2) is 8.59. The molecule has 0 saturated carbocycles. The second-order valence-electron chi connectivity index (χ2n) is 5.92. The Morgan fingerprint density at radius 3 is 2.52 bits per heavy atom. The van der Waals surface area contributed by atoms with E-state index in [1.807, 2.05) is 36.1 Å². The van der Waals surface area contributed by atoms with Crippen molar-refractivity contribution in [2.24, 2.45) is 0 Å². The molecule has 0 unspecified atom stereocenters. The first-order valence-corrected chi connectivity index (χ1v) is 8.62. The highest BCUT2D eigenvalue weighted by Gasteiger charge is 2.12. The Labute approximate surface area is 158 Å². The fourth-order valence-electron chi connectivity index (χ4n) is 2.60. The highest BCUT2D eigenvalue weighted by atomic mass is 16.1. The molecule has 6 heteroatoms. The van der Waals surface area contributed by atoms with Crippen molar-refractivity contribution in [1.82, 2.24) is 9.97 Å². The zero-order valence-electron chi connectivity index (χ0n) is 15.0. The molecule has 3 rings (SSSR count). The number of carbonyl (C=O) groups excluding carboxylic acids is 1. The van der Waals surface area contributed by atoms with Crippen LogP contribution in [-0.4, -0.2) is 22.4 Å². The van der Waals surface area contributed by atoms with E-state index in [4.69, 9.17) is 5.26 Å². The molecule has 1 aromatic heterocycles. The number of anilines is 2. The number of benzene rings is 2. The maximum atomic E-state index is 12.4. The van der Waals surface area contributed by atoms with Gasteiger partial charge < -0.3 is 10.2 Å². The smallest absolute Gasteiger partial charge is 0.258 e. The summed E-state index contributed by atoms with van der Waals surface area (Å²) in [6, 6.07) is 18.9. The van der Waals surface area contributed by atoms with Crippen molar-refractivity contribution in [3.8, 4) is 6.07 Å². The van der Waals surface area contributed by atoms with Crippen LogP contribution in [0.15, 0.2) is 67.0 Å². The van der Waals surface area contributed by atoms with Gasteiger partial charge in [0, 0.05) is 31.2 Å². The monoisotopic (exact) mass is 357 g/mol. The van der Waals surface area contributed by atoms with Crippen molar-refractivity contribution in [3.63, 3.8) is 0 Å². The van der Waals surface area contributed by atoms with E-state index in [0.717, 1.165) is 6.54 Å². The van der Waals surface area contributed by atoms with Crippen molar-refractivity contribution in [2.45, 2.75) is 13.5 Å². The molecule has 27 heavy (non-hydrogen) atoms. The number of aromatic nitrogens is 2. The average molecular weight is 357 g/mol. The molecule has 1 heterocycles. The number of nitriles is 1. The lowest BCUT2D eigenvalue weighted by Gasteiger charge is -2.20. The maximum Gasteiger partial charge on any atom is 0.258 e. The first-order chi connectivity index (χ1) is 13.2. The van der Waals surface area contributed by atoms with Crippen LogP contribution >= 0.6 is 0 Å². The topological polar surface area (TPSA) is 81.9 Å². The molecule has 0 bridgehead atoms. The molecule has 0 radical (unpaired) electrons. The van der Waals surface area contributed by atoms with Gasteiger partial charge in [0.05, 0.1) is 17.2 Å². The maximum absolute atomic E-state index is 12.4. The molecule has 134 valence electrons. The van der Waals surface area contributed by atoms with Crippen LogP contribution in [0, 0.1) is 11.3 Å². The molecule has 1 N–H and O–H groups in total. The van der Waals surface area contributed by atoms with Crippen molar-refractivity contribution >= 4 is 17.5 Å². The predicted octanol–water partition coefficient (Wildman–Crippen LogP) is 3.63. The standard InChI is InChI=1S/C21H19N5O/c1-2-26(15-16-7-4-3-5-8-16)21-23-13-18(14-24-21)20(27)25-19-10-6-9-17(11-19)12-22/h3-11,13-14H,2,15H2,1H3,(H,25,27). The van der Waals surface area contributed by atoms with Gasteiger partial charge in [0.2, 0.25) is 5.95 Å². The molecule has 0 aliphatic heterocycles. The van der Waals surface area contributed by atoms with Gasteiger partial charge in [0.15, 0.2) is 0 Å². The average Bonchev–Trinajstić information content (AvgIpc) is 2.73. The van der Waals surface area contributed by atoms with Crippen LogP contribution in [0.5, 0.6) is 0 Å². The van der Waals surface area contributed by atoms with Gasteiger partial charge in [-0.15, -0.1) is 0 Å². The second-order valence-corrected chi connectivity index (χ2v) is 5.92. The lowest BCUT2D eigenvalue weighted by atomic mass is 10.2. The van der Waals surface area contributed by atoms with E-state index in [-0.39, 0.29) is 5.91 Å². The molecule has 0 aliphatic rings. The molecule has 0 atom stereocenters. The SMILES string of the molecule is CCN(Cc1ccccc1)c1ncc(C(=O)Nc2cccc(C#N)c2)cn1. The van der Waals surface area contributed by atoms with E-state index >= 15 is 0 Å². The molecule has 2 aromatic carbocycles. The first-order valence-electron chi connectivity index (χ1n) is 8.62. The lowest BCUT2D eigenvalue weighted by Crippen LogP contribution is -2.24. The van der Waals surface area contributed by atoms with Gasteiger partial charge in [0.25, 0.3) is 5.91 Å². The third kappa shape index (κ3) is 4.67. The Morgan fingerprint density at radius 2 is 1.85 bits per heavy atom. The largest absolute Gasteiger partial charge is 0.337 e. The van der Waals surface area contributed by atoms with Gasteiger partial charge in [-0.25, -0.2) is 9.97 Å². The number of nitrogens with zero attached hydrogens (tertiary/aromatic N) is 4. The fraction of sp³-hybridized carbons (Fsp3) is 0.143. The molecule has 6 nitrogen and oxygen atoms in total. The van der Waals surface area contributed by atoms with E-state index in [0.29, 0.717) is 29.3 Å². The molecular formula is C21H19N5O.